The van der Waals surface area contributed by atoms with Crippen molar-refractivity contribution < 1.29 is 0 Å². The molecule has 0 atom stereocenters. The summed E-state index contributed by atoms with van der Waals surface area (Å²) < 4.78 is 0. The van der Waals surface area contributed by atoms with Gasteiger partial charge in [0, 0.05) is 54.6 Å². The van der Waals surface area contributed by atoms with Crippen LogP contribution in [0, 0.1) is 6.92 Å². The van der Waals surface area contributed by atoms with Crippen LogP contribution in [0.15, 0.2) is 30.5 Å². The van der Waals surface area contributed by atoms with Crippen LogP contribution in [-0.4, -0.2) is 58.1 Å². The maximum Gasteiger partial charge on any atom is 0.230 e. The highest BCUT2D eigenvalue weighted by atomic mass is 15.3. The predicted molar refractivity (Wildman–Crippen MR) is 150 cm³/mol. The Balaban J connectivity index is 1.38. The average Bonchev–Trinajstić information content (AvgIpc) is 3.64. The minimum absolute atomic E-state index is 0.00332. The second-order valence-electron chi connectivity index (χ2n) is 12.0. The van der Waals surface area contributed by atoms with Gasteiger partial charge >= 0.3 is 0 Å². The first kappa shape index (κ1) is 24.3. The number of hydrogen-bond acceptors (Lipinski definition) is 7. The van der Waals surface area contributed by atoms with Crippen molar-refractivity contribution in [2.75, 3.05) is 43.0 Å². The van der Waals surface area contributed by atoms with E-state index in [2.05, 4.69) is 80.6 Å². The van der Waals surface area contributed by atoms with Crippen molar-refractivity contribution in [3.8, 4) is 22.6 Å². The molecule has 2 saturated heterocycles. The zero-order valence-electron chi connectivity index (χ0n) is 23.2. The van der Waals surface area contributed by atoms with Crippen molar-refractivity contribution in [2.45, 2.75) is 71.4 Å². The van der Waals surface area contributed by atoms with E-state index in [4.69, 9.17) is 19.9 Å². The Bertz CT molecular complexity index is 1300. The monoisotopic (exact) mass is 497 g/mol. The number of anilines is 2. The van der Waals surface area contributed by atoms with E-state index in [1.54, 1.807) is 0 Å². The Labute approximate surface area is 221 Å². The number of benzene rings is 1. The summed E-state index contributed by atoms with van der Waals surface area (Å²) >= 11 is 0. The van der Waals surface area contributed by atoms with Crippen LogP contribution in [0.3, 0.4) is 0 Å². The average molecular weight is 498 g/mol. The molecule has 3 aliphatic heterocycles. The van der Waals surface area contributed by atoms with Crippen LogP contribution in [-0.2, 0) is 11.1 Å². The number of aryl methyl sites for hydroxylation is 1. The normalized spacial score (nSPS) is 20.6. The zero-order chi connectivity index (χ0) is 25.9. The lowest BCUT2D eigenvalue weighted by molar-refractivity contribution is 0.0730. The van der Waals surface area contributed by atoms with Gasteiger partial charge < -0.3 is 9.80 Å². The molecule has 0 radical (unpaired) electrons. The number of rotatable bonds is 4. The summed E-state index contributed by atoms with van der Waals surface area (Å²) in [5.74, 6) is 2.34. The van der Waals surface area contributed by atoms with E-state index in [0.29, 0.717) is 0 Å². The molecular weight excluding hydrogens is 458 g/mol. The number of hydrogen-bond donors (Lipinski definition) is 0. The van der Waals surface area contributed by atoms with E-state index in [0.717, 1.165) is 66.3 Å². The second kappa shape index (κ2) is 8.76. The second-order valence-corrected chi connectivity index (χ2v) is 12.0. The van der Waals surface area contributed by atoms with Gasteiger partial charge in [0.25, 0.3) is 0 Å². The highest BCUT2D eigenvalue weighted by molar-refractivity contribution is 5.69. The lowest BCUT2D eigenvalue weighted by Gasteiger charge is -2.37. The first-order valence-corrected chi connectivity index (χ1v) is 13.8. The molecule has 194 valence electrons. The van der Waals surface area contributed by atoms with Crippen molar-refractivity contribution in [1.82, 2.24) is 24.8 Å². The maximum atomic E-state index is 4.94. The third kappa shape index (κ3) is 3.99. The molecule has 0 N–H and O–H groups in total. The lowest BCUT2D eigenvalue weighted by atomic mass is 9.88. The summed E-state index contributed by atoms with van der Waals surface area (Å²) in [6, 6.07) is 9.03. The van der Waals surface area contributed by atoms with Crippen LogP contribution < -0.4 is 9.80 Å². The van der Waals surface area contributed by atoms with Crippen LogP contribution in [0.5, 0.6) is 0 Å². The smallest absolute Gasteiger partial charge is 0.230 e. The predicted octanol–water partition coefficient (Wildman–Crippen LogP) is 5.53. The van der Waals surface area contributed by atoms with E-state index in [9.17, 15) is 0 Å². The third-order valence-corrected chi connectivity index (χ3v) is 9.05. The first-order chi connectivity index (χ1) is 17.7. The van der Waals surface area contributed by atoms with Crippen LogP contribution >= 0.6 is 0 Å². The van der Waals surface area contributed by atoms with Crippen LogP contribution in [0.4, 0.5) is 11.9 Å². The van der Waals surface area contributed by atoms with Gasteiger partial charge in [0.15, 0.2) is 5.82 Å². The Morgan fingerprint density at radius 1 is 0.730 bits per heavy atom. The van der Waals surface area contributed by atoms with Crippen molar-refractivity contribution in [2.24, 2.45) is 0 Å². The molecule has 2 aromatic heterocycles. The first-order valence-electron chi connectivity index (χ1n) is 13.8. The van der Waals surface area contributed by atoms with Gasteiger partial charge in [-0.3, -0.25) is 9.88 Å². The van der Waals surface area contributed by atoms with Gasteiger partial charge in [-0.1, -0.05) is 12.1 Å². The molecule has 0 bridgehead atoms. The summed E-state index contributed by atoms with van der Waals surface area (Å²) in [6.45, 7) is 15.4. The molecule has 6 rings (SSSR count). The minimum atomic E-state index is -0.0351. The van der Waals surface area contributed by atoms with E-state index in [1.165, 1.54) is 36.8 Å². The van der Waals surface area contributed by atoms with Gasteiger partial charge in [0.05, 0.1) is 5.69 Å². The molecule has 0 aliphatic carbocycles. The Hall–Kier alpha value is -3.06. The van der Waals surface area contributed by atoms with Gasteiger partial charge in [-0.25, -0.2) is 0 Å². The molecule has 7 nitrogen and oxygen atoms in total. The largest absolute Gasteiger partial charge is 0.341 e. The fraction of sp³-hybridized carbons (Fsp3) is 0.533. The Kier molecular flexibility index (Phi) is 5.75. The minimum Gasteiger partial charge on any atom is -0.341 e. The molecule has 1 aromatic carbocycles. The van der Waals surface area contributed by atoms with Gasteiger partial charge in [-0.2, -0.15) is 15.0 Å². The molecule has 0 amide bonds. The van der Waals surface area contributed by atoms with Gasteiger partial charge in [-0.05, 0) is 96.2 Å². The highest BCUT2D eigenvalue weighted by Crippen LogP contribution is 2.49. The summed E-state index contributed by atoms with van der Waals surface area (Å²) in [6.07, 6.45) is 6.73. The van der Waals surface area contributed by atoms with E-state index in [-0.39, 0.29) is 11.1 Å². The van der Waals surface area contributed by atoms with Crippen LogP contribution in [0.1, 0.15) is 70.1 Å². The SMILES string of the molecule is Cc1cc(-c2ccc3c(c2)C(C)(C)N(C)C3(C)C)ncc1-c1nc(N2CCCC2)nc(N2CCCC2)n1. The molecule has 0 spiro atoms. The van der Waals surface area contributed by atoms with Crippen molar-refractivity contribution >= 4 is 11.9 Å². The summed E-state index contributed by atoms with van der Waals surface area (Å²) in [4.78, 5) is 26.8. The molecule has 0 unspecified atom stereocenters. The van der Waals surface area contributed by atoms with E-state index in [1.807, 2.05) is 6.20 Å². The van der Waals surface area contributed by atoms with Crippen molar-refractivity contribution in [3.05, 3.63) is 47.2 Å². The molecule has 37 heavy (non-hydrogen) atoms. The van der Waals surface area contributed by atoms with Gasteiger partial charge in [0.2, 0.25) is 11.9 Å². The zero-order valence-corrected chi connectivity index (χ0v) is 23.2. The molecule has 2 fully saturated rings. The maximum absolute atomic E-state index is 4.94. The van der Waals surface area contributed by atoms with Gasteiger partial charge in [0.1, 0.15) is 0 Å². The summed E-state index contributed by atoms with van der Waals surface area (Å²) in [7, 11) is 2.22. The molecular formula is C30H39N7. The highest BCUT2D eigenvalue weighted by Gasteiger charge is 2.46. The van der Waals surface area contributed by atoms with Gasteiger partial charge in [-0.15, -0.1) is 0 Å². The third-order valence-electron chi connectivity index (χ3n) is 9.05. The molecule has 5 heterocycles. The summed E-state index contributed by atoms with van der Waals surface area (Å²) in [5, 5.41) is 0. The number of aromatic nitrogens is 4. The van der Waals surface area contributed by atoms with Crippen molar-refractivity contribution in [3.63, 3.8) is 0 Å². The van der Waals surface area contributed by atoms with Crippen molar-refractivity contribution in [1.29, 1.82) is 0 Å². The number of fused-ring (bicyclic) bond motifs is 1. The molecule has 7 heteroatoms. The lowest BCUT2D eigenvalue weighted by Crippen LogP contribution is -2.42. The quantitative estimate of drug-likeness (QED) is 0.470. The number of nitrogens with zero attached hydrogens (tertiary/aromatic N) is 7. The summed E-state index contributed by atoms with van der Waals surface area (Å²) in [5.41, 5.74) is 6.99. The molecule has 3 aliphatic rings. The number of pyridine rings is 1. The Morgan fingerprint density at radius 3 is 1.86 bits per heavy atom. The fourth-order valence-electron chi connectivity index (χ4n) is 6.34. The standard InChI is InChI=1S/C30H39N7/c1-20-17-25(21-11-12-23-24(18-21)30(4,5)35(6)29(23,2)3)31-19-22(20)26-32-27(36-13-7-8-14-36)34-28(33-26)37-15-9-10-16-37/h11-12,17-19H,7-10,13-16H2,1-6H3. The van der Waals surface area contributed by atoms with E-state index < -0.39 is 0 Å². The van der Waals surface area contributed by atoms with E-state index >= 15 is 0 Å². The van der Waals surface area contributed by atoms with Crippen LogP contribution in [0.2, 0.25) is 0 Å². The Morgan fingerprint density at radius 2 is 1.30 bits per heavy atom. The van der Waals surface area contributed by atoms with Crippen LogP contribution in [0.25, 0.3) is 22.6 Å². The molecule has 0 saturated carbocycles. The molecule has 3 aromatic rings. The topological polar surface area (TPSA) is 61.3 Å². The fourth-order valence-corrected chi connectivity index (χ4v) is 6.34.